The Morgan fingerprint density at radius 2 is 1.47 bits per heavy atom. The monoisotopic (exact) mass is 241 g/mol. The van der Waals surface area contributed by atoms with Crippen LogP contribution in [0.3, 0.4) is 0 Å². The minimum absolute atomic E-state index is 0.755. The summed E-state index contributed by atoms with van der Waals surface area (Å²) in [7, 11) is 2.23. The van der Waals surface area contributed by atoms with Gasteiger partial charge >= 0.3 is 0 Å². The van der Waals surface area contributed by atoms with E-state index >= 15 is 0 Å². The Labute approximate surface area is 108 Å². The maximum atomic E-state index is 5.65. The highest BCUT2D eigenvalue weighted by Gasteiger charge is 2.14. The lowest BCUT2D eigenvalue weighted by Crippen LogP contribution is -2.34. The van der Waals surface area contributed by atoms with Gasteiger partial charge in [-0.25, -0.2) is 0 Å². The minimum atomic E-state index is 0.755. The number of ether oxygens (including phenoxy) is 1. The van der Waals surface area contributed by atoms with Crippen LogP contribution in [0.25, 0.3) is 0 Å². The number of hydrogen-bond donors (Lipinski definition) is 0. The molecule has 0 aromatic rings. The molecule has 2 nitrogen and oxygen atoms in total. The van der Waals surface area contributed by atoms with Gasteiger partial charge in [0.2, 0.25) is 0 Å². The first kappa shape index (κ1) is 15.0. The van der Waals surface area contributed by atoms with E-state index in [4.69, 9.17) is 4.74 Å². The van der Waals surface area contributed by atoms with Gasteiger partial charge in [-0.05, 0) is 26.3 Å². The third kappa shape index (κ3) is 7.05. The molecular formula is C15H31NO. The molecule has 0 aromatic heterocycles. The molecule has 0 heterocycles. The van der Waals surface area contributed by atoms with Gasteiger partial charge in [0.15, 0.2) is 0 Å². The highest BCUT2D eigenvalue weighted by atomic mass is 16.5. The Hall–Kier alpha value is -0.0800. The summed E-state index contributed by atoms with van der Waals surface area (Å²) >= 11 is 0. The summed E-state index contributed by atoms with van der Waals surface area (Å²) < 4.78 is 5.65. The smallest absolute Gasteiger partial charge is 0.0990 e. The molecule has 0 atom stereocenters. The van der Waals surface area contributed by atoms with Gasteiger partial charge in [0.05, 0.1) is 6.73 Å². The number of nitrogens with zero attached hydrogens (tertiary/aromatic N) is 1. The van der Waals surface area contributed by atoms with Gasteiger partial charge in [0, 0.05) is 12.6 Å². The van der Waals surface area contributed by atoms with E-state index in [1.54, 1.807) is 0 Å². The zero-order chi connectivity index (χ0) is 12.3. The Kier molecular flexibility index (Phi) is 8.72. The van der Waals surface area contributed by atoms with Gasteiger partial charge in [-0.1, -0.05) is 51.9 Å². The van der Waals surface area contributed by atoms with Crippen LogP contribution in [0.5, 0.6) is 0 Å². The van der Waals surface area contributed by atoms with E-state index in [0.29, 0.717) is 0 Å². The fourth-order valence-electron chi connectivity index (χ4n) is 2.69. The Morgan fingerprint density at radius 3 is 2.00 bits per heavy atom. The standard InChI is InChI=1S/C15H31NO/c1-3-13-17-14-16(2)15-11-9-7-5-4-6-8-10-12-15/h15H,3-14H2,1-2H3. The first-order valence-electron chi connectivity index (χ1n) is 7.62. The summed E-state index contributed by atoms with van der Waals surface area (Å²) in [5.41, 5.74) is 0. The van der Waals surface area contributed by atoms with Crippen molar-refractivity contribution in [1.29, 1.82) is 0 Å². The van der Waals surface area contributed by atoms with Crippen molar-refractivity contribution in [3.05, 3.63) is 0 Å². The minimum Gasteiger partial charge on any atom is -0.366 e. The van der Waals surface area contributed by atoms with Crippen molar-refractivity contribution in [3.63, 3.8) is 0 Å². The third-order valence-electron chi connectivity index (χ3n) is 3.84. The molecule has 0 N–H and O–H groups in total. The topological polar surface area (TPSA) is 12.5 Å². The van der Waals surface area contributed by atoms with E-state index in [9.17, 15) is 0 Å². The fraction of sp³-hybridized carbons (Fsp3) is 1.00. The van der Waals surface area contributed by atoms with Crippen molar-refractivity contribution in [3.8, 4) is 0 Å². The molecule has 0 bridgehead atoms. The predicted molar refractivity (Wildman–Crippen MR) is 74.2 cm³/mol. The fourth-order valence-corrected chi connectivity index (χ4v) is 2.69. The second-order valence-electron chi connectivity index (χ2n) is 5.50. The molecule has 0 radical (unpaired) electrons. The van der Waals surface area contributed by atoms with E-state index in [0.717, 1.165) is 25.8 Å². The maximum Gasteiger partial charge on any atom is 0.0990 e. The van der Waals surface area contributed by atoms with Gasteiger partial charge in [0.1, 0.15) is 0 Å². The van der Waals surface area contributed by atoms with Gasteiger partial charge in [-0.3, -0.25) is 4.90 Å². The lowest BCUT2D eigenvalue weighted by molar-refractivity contribution is 0.0155. The van der Waals surface area contributed by atoms with E-state index in [2.05, 4.69) is 18.9 Å². The molecule has 1 aliphatic carbocycles. The van der Waals surface area contributed by atoms with Crippen molar-refractivity contribution in [2.45, 2.75) is 77.2 Å². The normalized spacial score (nSPS) is 20.6. The van der Waals surface area contributed by atoms with E-state index in [-0.39, 0.29) is 0 Å². The van der Waals surface area contributed by atoms with Gasteiger partial charge < -0.3 is 4.74 Å². The average Bonchev–Trinajstić information content (AvgIpc) is 2.36. The molecule has 102 valence electrons. The molecule has 0 spiro atoms. The first-order valence-corrected chi connectivity index (χ1v) is 7.62. The van der Waals surface area contributed by atoms with Crippen LogP contribution >= 0.6 is 0 Å². The molecule has 0 unspecified atom stereocenters. The number of rotatable bonds is 5. The van der Waals surface area contributed by atoms with Crippen molar-refractivity contribution in [1.82, 2.24) is 4.90 Å². The molecule has 17 heavy (non-hydrogen) atoms. The molecule has 1 fully saturated rings. The van der Waals surface area contributed by atoms with Crippen molar-refractivity contribution in [2.24, 2.45) is 0 Å². The number of hydrogen-bond acceptors (Lipinski definition) is 2. The summed E-state index contributed by atoms with van der Waals surface area (Å²) in [6, 6.07) is 0.755. The average molecular weight is 241 g/mol. The Bertz CT molecular complexity index is 162. The second-order valence-corrected chi connectivity index (χ2v) is 5.50. The Morgan fingerprint density at radius 1 is 0.941 bits per heavy atom. The van der Waals surface area contributed by atoms with Crippen LogP contribution in [0, 0.1) is 0 Å². The van der Waals surface area contributed by atoms with Crippen molar-refractivity contribution in [2.75, 3.05) is 20.4 Å². The Balaban J connectivity index is 2.25. The van der Waals surface area contributed by atoms with Crippen LogP contribution in [0.4, 0.5) is 0 Å². The molecule has 0 aromatic carbocycles. The first-order chi connectivity index (χ1) is 8.34. The molecule has 1 aliphatic rings. The van der Waals surface area contributed by atoms with Crippen LogP contribution in [0.2, 0.25) is 0 Å². The molecule has 0 aliphatic heterocycles. The highest BCUT2D eigenvalue weighted by molar-refractivity contribution is 4.68. The molecule has 2 heteroatoms. The van der Waals surface area contributed by atoms with E-state index < -0.39 is 0 Å². The zero-order valence-electron chi connectivity index (χ0n) is 11.9. The second kappa shape index (κ2) is 9.90. The molecular weight excluding hydrogens is 210 g/mol. The largest absolute Gasteiger partial charge is 0.366 e. The predicted octanol–water partition coefficient (Wildman–Crippen LogP) is 4.20. The molecule has 1 saturated carbocycles. The quantitative estimate of drug-likeness (QED) is 0.528. The van der Waals surface area contributed by atoms with Gasteiger partial charge in [-0.2, -0.15) is 0 Å². The van der Waals surface area contributed by atoms with E-state index in [1.807, 2.05) is 0 Å². The lowest BCUT2D eigenvalue weighted by Gasteiger charge is -2.28. The summed E-state index contributed by atoms with van der Waals surface area (Å²) in [6.07, 6.45) is 13.9. The van der Waals surface area contributed by atoms with E-state index in [1.165, 1.54) is 57.8 Å². The zero-order valence-corrected chi connectivity index (χ0v) is 11.9. The SMILES string of the molecule is CCCOCN(C)C1CCCCCCCCC1. The van der Waals surface area contributed by atoms with Crippen molar-refractivity contribution < 1.29 is 4.74 Å². The van der Waals surface area contributed by atoms with Gasteiger partial charge in [-0.15, -0.1) is 0 Å². The summed E-state index contributed by atoms with van der Waals surface area (Å²) in [5.74, 6) is 0. The molecule has 0 amide bonds. The highest BCUT2D eigenvalue weighted by Crippen LogP contribution is 2.19. The van der Waals surface area contributed by atoms with Crippen molar-refractivity contribution >= 4 is 0 Å². The lowest BCUT2D eigenvalue weighted by atomic mass is 9.97. The van der Waals surface area contributed by atoms with Crippen LogP contribution in [-0.2, 0) is 4.74 Å². The van der Waals surface area contributed by atoms with Crippen LogP contribution in [0.15, 0.2) is 0 Å². The summed E-state index contributed by atoms with van der Waals surface area (Å²) in [5, 5.41) is 0. The van der Waals surface area contributed by atoms with Gasteiger partial charge in [0.25, 0.3) is 0 Å². The molecule has 0 saturated heterocycles. The van der Waals surface area contributed by atoms with Crippen LogP contribution < -0.4 is 0 Å². The maximum absolute atomic E-state index is 5.65. The van der Waals surface area contributed by atoms with Crippen LogP contribution in [-0.4, -0.2) is 31.3 Å². The van der Waals surface area contributed by atoms with Crippen LogP contribution in [0.1, 0.15) is 71.1 Å². The molecule has 1 rings (SSSR count). The third-order valence-corrected chi connectivity index (χ3v) is 3.84. The summed E-state index contributed by atoms with van der Waals surface area (Å²) in [6.45, 7) is 3.89. The summed E-state index contributed by atoms with van der Waals surface area (Å²) in [4.78, 5) is 2.43.